The highest BCUT2D eigenvalue weighted by molar-refractivity contribution is 9.10. The molecule has 0 fully saturated rings. The summed E-state index contributed by atoms with van der Waals surface area (Å²) in [5, 5.41) is 0. The standard InChI is InChI=1S/C11H12BrFO2/c1-7(2)15-6-10(14)11-8(12)4-3-5-9(11)13/h3-5,7H,6H2,1-2H3. The van der Waals surface area contributed by atoms with Gasteiger partial charge >= 0.3 is 0 Å². The minimum absolute atomic E-state index is 0.0421. The second-order valence-electron chi connectivity index (χ2n) is 3.38. The Hall–Kier alpha value is -0.740. The molecule has 0 saturated carbocycles. The molecule has 1 aromatic carbocycles. The molecule has 0 atom stereocenters. The van der Waals surface area contributed by atoms with Crippen LogP contribution in [0.15, 0.2) is 22.7 Å². The van der Waals surface area contributed by atoms with Crippen molar-refractivity contribution in [3.8, 4) is 0 Å². The molecule has 2 nitrogen and oxygen atoms in total. The normalized spacial score (nSPS) is 10.7. The monoisotopic (exact) mass is 274 g/mol. The van der Waals surface area contributed by atoms with Crippen LogP contribution < -0.4 is 0 Å². The van der Waals surface area contributed by atoms with Crippen molar-refractivity contribution in [1.29, 1.82) is 0 Å². The molecule has 82 valence electrons. The first-order valence-electron chi connectivity index (χ1n) is 4.61. The molecule has 0 saturated heterocycles. The maximum atomic E-state index is 13.3. The third kappa shape index (κ3) is 3.39. The first kappa shape index (κ1) is 12.3. The summed E-state index contributed by atoms with van der Waals surface area (Å²) in [4.78, 5) is 11.6. The number of carbonyl (C=O) groups is 1. The molecule has 15 heavy (non-hydrogen) atoms. The van der Waals surface area contributed by atoms with E-state index < -0.39 is 5.82 Å². The first-order valence-corrected chi connectivity index (χ1v) is 5.40. The molecule has 0 heterocycles. The lowest BCUT2D eigenvalue weighted by molar-refractivity contribution is 0.0580. The van der Waals surface area contributed by atoms with Crippen LogP contribution in [0.25, 0.3) is 0 Å². The number of carbonyl (C=O) groups excluding carboxylic acids is 1. The third-order valence-electron chi connectivity index (χ3n) is 1.79. The average molecular weight is 275 g/mol. The van der Waals surface area contributed by atoms with Crippen molar-refractivity contribution in [1.82, 2.24) is 0 Å². The van der Waals surface area contributed by atoms with Gasteiger partial charge in [-0.05, 0) is 41.9 Å². The molecule has 0 aliphatic heterocycles. The minimum Gasteiger partial charge on any atom is -0.371 e. The van der Waals surface area contributed by atoms with Gasteiger partial charge in [0.05, 0.1) is 11.7 Å². The molecule has 4 heteroatoms. The fourth-order valence-corrected chi connectivity index (χ4v) is 1.64. The van der Waals surface area contributed by atoms with Crippen molar-refractivity contribution >= 4 is 21.7 Å². The van der Waals surface area contributed by atoms with Gasteiger partial charge in [-0.3, -0.25) is 4.79 Å². The number of halogens is 2. The number of rotatable bonds is 4. The van der Waals surface area contributed by atoms with Crippen molar-refractivity contribution in [3.63, 3.8) is 0 Å². The largest absolute Gasteiger partial charge is 0.371 e. The SMILES string of the molecule is CC(C)OCC(=O)c1c(F)cccc1Br. The van der Waals surface area contributed by atoms with Crippen molar-refractivity contribution in [3.05, 3.63) is 34.1 Å². The van der Waals surface area contributed by atoms with Crippen LogP contribution >= 0.6 is 15.9 Å². The fraction of sp³-hybridized carbons (Fsp3) is 0.364. The molecule has 0 aromatic heterocycles. The summed E-state index contributed by atoms with van der Waals surface area (Å²) < 4.78 is 18.9. The van der Waals surface area contributed by atoms with Crippen LogP contribution in [-0.2, 0) is 4.74 Å². The molecule has 0 unspecified atom stereocenters. The lowest BCUT2D eigenvalue weighted by atomic mass is 10.1. The molecule has 0 N–H and O–H groups in total. The molecule has 0 amide bonds. The van der Waals surface area contributed by atoms with E-state index in [1.165, 1.54) is 6.07 Å². The van der Waals surface area contributed by atoms with Gasteiger partial charge in [0.25, 0.3) is 0 Å². The van der Waals surface area contributed by atoms with Crippen LogP contribution in [-0.4, -0.2) is 18.5 Å². The summed E-state index contributed by atoms with van der Waals surface area (Å²) in [7, 11) is 0. The molecular weight excluding hydrogens is 263 g/mol. The summed E-state index contributed by atoms with van der Waals surface area (Å²) in [6, 6.07) is 4.43. The van der Waals surface area contributed by atoms with Crippen LogP contribution in [0.5, 0.6) is 0 Å². The maximum absolute atomic E-state index is 13.3. The third-order valence-corrected chi connectivity index (χ3v) is 2.45. The number of ketones is 1. The highest BCUT2D eigenvalue weighted by Crippen LogP contribution is 2.20. The molecule has 0 aliphatic carbocycles. The Kier molecular flexibility index (Phi) is 4.42. The first-order chi connectivity index (χ1) is 7.02. The van der Waals surface area contributed by atoms with E-state index in [9.17, 15) is 9.18 Å². The molecule has 0 spiro atoms. The van der Waals surface area contributed by atoms with Crippen molar-refractivity contribution in [2.75, 3.05) is 6.61 Å². The number of hydrogen-bond donors (Lipinski definition) is 0. The maximum Gasteiger partial charge on any atom is 0.192 e. The Bertz CT molecular complexity index is 343. The fourth-order valence-electron chi connectivity index (χ4n) is 1.08. The summed E-state index contributed by atoms with van der Waals surface area (Å²) in [6.07, 6.45) is -0.0421. The van der Waals surface area contributed by atoms with E-state index in [2.05, 4.69) is 15.9 Å². The van der Waals surface area contributed by atoms with Crippen molar-refractivity contribution in [2.24, 2.45) is 0 Å². The van der Waals surface area contributed by atoms with Gasteiger partial charge in [0.15, 0.2) is 5.78 Å². The quantitative estimate of drug-likeness (QED) is 0.789. The Morgan fingerprint density at radius 1 is 1.53 bits per heavy atom. The number of ether oxygens (including phenoxy) is 1. The number of Topliss-reactive ketones (excluding diaryl/α,β-unsaturated/α-hetero) is 1. The Balaban J connectivity index is 2.82. The van der Waals surface area contributed by atoms with Gasteiger partial charge in [0, 0.05) is 4.47 Å². The average Bonchev–Trinajstić information content (AvgIpc) is 2.14. The van der Waals surface area contributed by atoms with Gasteiger partial charge in [0.2, 0.25) is 0 Å². The van der Waals surface area contributed by atoms with E-state index >= 15 is 0 Å². The zero-order chi connectivity index (χ0) is 11.4. The van der Waals surface area contributed by atoms with Gasteiger partial charge in [0.1, 0.15) is 12.4 Å². The van der Waals surface area contributed by atoms with E-state index in [-0.39, 0.29) is 24.1 Å². The van der Waals surface area contributed by atoms with Crippen LogP contribution in [0.2, 0.25) is 0 Å². The van der Waals surface area contributed by atoms with Gasteiger partial charge < -0.3 is 4.74 Å². The molecule has 0 bridgehead atoms. The van der Waals surface area contributed by atoms with E-state index in [1.807, 2.05) is 13.8 Å². The molecule has 0 radical (unpaired) electrons. The highest BCUT2D eigenvalue weighted by atomic mass is 79.9. The summed E-state index contributed by atoms with van der Waals surface area (Å²) >= 11 is 3.14. The summed E-state index contributed by atoms with van der Waals surface area (Å²) in [5.74, 6) is -0.879. The van der Waals surface area contributed by atoms with Gasteiger partial charge in [-0.25, -0.2) is 4.39 Å². The second kappa shape index (κ2) is 5.37. The van der Waals surface area contributed by atoms with Gasteiger partial charge in [-0.15, -0.1) is 0 Å². The lowest BCUT2D eigenvalue weighted by Gasteiger charge is -2.08. The molecule has 1 aromatic rings. The zero-order valence-electron chi connectivity index (χ0n) is 8.59. The molecule has 0 aliphatic rings. The van der Waals surface area contributed by atoms with E-state index in [1.54, 1.807) is 12.1 Å². The van der Waals surface area contributed by atoms with Crippen LogP contribution in [0.1, 0.15) is 24.2 Å². The topological polar surface area (TPSA) is 26.3 Å². The van der Waals surface area contributed by atoms with E-state index in [4.69, 9.17) is 4.74 Å². The number of hydrogen-bond acceptors (Lipinski definition) is 2. The summed E-state index contributed by atoms with van der Waals surface area (Å²) in [5.41, 5.74) is 0.0538. The molecule has 1 rings (SSSR count). The zero-order valence-corrected chi connectivity index (χ0v) is 10.2. The Morgan fingerprint density at radius 2 is 2.20 bits per heavy atom. The van der Waals surface area contributed by atoms with Crippen LogP contribution in [0.3, 0.4) is 0 Å². The van der Waals surface area contributed by atoms with Crippen molar-refractivity contribution in [2.45, 2.75) is 20.0 Å². The predicted molar refractivity (Wildman–Crippen MR) is 59.5 cm³/mol. The van der Waals surface area contributed by atoms with Crippen LogP contribution in [0, 0.1) is 5.82 Å². The Morgan fingerprint density at radius 3 is 2.73 bits per heavy atom. The van der Waals surface area contributed by atoms with Gasteiger partial charge in [-0.1, -0.05) is 6.07 Å². The number of benzene rings is 1. The predicted octanol–water partition coefficient (Wildman–Crippen LogP) is 3.20. The van der Waals surface area contributed by atoms with Crippen LogP contribution in [0.4, 0.5) is 4.39 Å². The lowest BCUT2D eigenvalue weighted by Crippen LogP contribution is -2.15. The minimum atomic E-state index is -0.526. The molecular formula is C11H12BrFO2. The highest BCUT2D eigenvalue weighted by Gasteiger charge is 2.15. The van der Waals surface area contributed by atoms with Gasteiger partial charge in [-0.2, -0.15) is 0 Å². The van der Waals surface area contributed by atoms with E-state index in [0.717, 1.165) is 0 Å². The smallest absolute Gasteiger partial charge is 0.192 e. The summed E-state index contributed by atoms with van der Waals surface area (Å²) in [6.45, 7) is 3.55. The van der Waals surface area contributed by atoms with Crippen molar-refractivity contribution < 1.29 is 13.9 Å². The van der Waals surface area contributed by atoms with E-state index in [0.29, 0.717) is 4.47 Å². The Labute approximate surface area is 96.6 Å². The second-order valence-corrected chi connectivity index (χ2v) is 4.23.